The van der Waals surface area contributed by atoms with Crippen molar-refractivity contribution < 1.29 is 4.79 Å². The lowest BCUT2D eigenvalue weighted by atomic mass is 10.1. The number of amides is 1. The predicted octanol–water partition coefficient (Wildman–Crippen LogP) is 1.74. The number of carbonyl (C=O) groups excluding carboxylic acids is 1. The molecule has 1 aromatic heterocycles. The lowest BCUT2D eigenvalue weighted by molar-refractivity contribution is 0.100. The Morgan fingerprint density at radius 3 is 2.89 bits per heavy atom. The molecule has 0 unspecified atom stereocenters. The number of nitrogens with one attached hydrogen (secondary N) is 1. The van der Waals surface area contributed by atoms with Crippen LogP contribution in [0.25, 0.3) is 0 Å². The van der Waals surface area contributed by atoms with Crippen molar-refractivity contribution >= 4 is 28.6 Å². The van der Waals surface area contributed by atoms with Gasteiger partial charge in [-0.15, -0.1) is 11.3 Å². The Balaban J connectivity index is 2.14. The molecule has 5 nitrogen and oxygen atoms in total. The molecule has 2 aromatic rings. The molecule has 2 rings (SSSR count). The topological polar surface area (TPSA) is 94.0 Å². The molecule has 94 valence electrons. The second kappa shape index (κ2) is 5.05. The number of nitrogens with zero attached hydrogens (tertiary/aromatic N) is 1. The largest absolute Gasteiger partial charge is 0.396 e. The smallest absolute Gasteiger partial charge is 0.250 e. The molecule has 0 saturated heterocycles. The SMILES string of the molecule is Cc1csc(CNc2cccc(C(N)=O)c2N)n1. The minimum absolute atomic E-state index is 0.329. The van der Waals surface area contributed by atoms with Gasteiger partial charge in [0, 0.05) is 11.1 Å². The second-order valence-electron chi connectivity index (χ2n) is 3.87. The number of rotatable bonds is 4. The third kappa shape index (κ3) is 2.60. The number of benzene rings is 1. The molecule has 0 fully saturated rings. The van der Waals surface area contributed by atoms with Crippen molar-refractivity contribution in [1.82, 2.24) is 4.98 Å². The van der Waals surface area contributed by atoms with E-state index in [1.54, 1.807) is 23.5 Å². The lowest BCUT2D eigenvalue weighted by Crippen LogP contribution is -2.14. The fourth-order valence-corrected chi connectivity index (χ4v) is 2.30. The van der Waals surface area contributed by atoms with Crippen LogP contribution in [0.1, 0.15) is 21.1 Å². The summed E-state index contributed by atoms with van der Waals surface area (Å²) in [6, 6.07) is 5.16. The molecule has 18 heavy (non-hydrogen) atoms. The van der Waals surface area contributed by atoms with E-state index in [1.807, 2.05) is 18.4 Å². The third-order valence-electron chi connectivity index (χ3n) is 2.47. The first-order valence-electron chi connectivity index (χ1n) is 5.41. The lowest BCUT2D eigenvalue weighted by Gasteiger charge is -2.10. The number of carbonyl (C=O) groups is 1. The van der Waals surface area contributed by atoms with Crippen molar-refractivity contribution in [2.75, 3.05) is 11.1 Å². The molecule has 0 aliphatic heterocycles. The normalized spacial score (nSPS) is 10.3. The van der Waals surface area contributed by atoms with Gasteiger partial charge < -0.3 is 16.8 Å². The van der Waals surface area contributed by atoms with Gasteiger partial charge >= 0.3 is 0 Å². The second-order valence-corrected chi connectivity index (χ2v) is 4.81. The van der Waals surface area contributed by atoms with Gasteiger partial charge in [-0.3, -0.25) is 4.79 Å². The summed E-state index contributed by atoms with van der Waals surface area (Å²) in [7, 11) is 0. The molecule has 0 atom stereocenters. The van der Waals surface area contributed by atoms with Crippen LogP contribution in [0.15, 0.2) is 23.6 Å². The van der Waals surface area contributed by atoms with Gasteiger partial charge in [0.1, 0.15) is 5.01 Å². The molecule has 0 saturated carbocycles. The highest BCUT2D eigenvalue weighted by atomic mass is 32.1. The maximum atomic E-state index is 11.2. The maximum Gasteiger partial charge on any atom is 0.250 e. The monoisotopic (exact) mass is 262 g/mol. The first-order valence-corrected chi connectivity index (χ1v) is 6.29. The number of thiazole rings is 1. The molecule has 0 radical (unpaired) electrons. The molecule has 1 heterocycles. The van der Waals surface area contributed by atoms with Gasteiger partial charge in [0.05, 0.1) is 23.5 Å². The van der Waals surface area contributed by atoms with E-state index in [0.717, 1.165) is 10.7 Å². The zero-order valence-electron chi connectivity index (χ0n) is 9.93. The highest BCUT2D eigenvalue weighted by molar-refractivity contribution is 7.09. The van der Waals surface area contributed by atoms with Gasteiger partial charge in [0.25, 0.3) is 5.91 Å². The van der Waals surface area contributed by atoms with Crippen molar-refractivity contribution in [3.63, 3.8) is 0 Å². The number of anilines is 2. The standard InChI is InChI=1S/C12H14N4OS/c1-7-6-18-10(16-7)5-15-9-4-2-3-8(11(9)13)12(14)17/h2-4,6,15H,5,13H2,1H3,(H2,14,17). The summed E-state index contributed by atoms with van der Waals surface area (Å²) in [6.45, 7) is 2.52. The fraction of sp³-hybridized carbons (Fsp3) is 0.167. The Hall–Kier alpha value is -2.08. The highest BCUT2D eigenvalue weighted by Crippen LogP contribution is 2.23. The number of nitrogens with two attached hydrogens (primary N) is 2. The minimum Gasteiger partial charge on any atom is -0.396 e. The number of primary amides is 1. The predicted molar refractivity (Wildman–Crippen MR) is 73.5 cm³/mol. The summed E-state index contributed by atoms with van der Waals surface area (Å²) in [5.41, 5.74) is 13.5. The molecule has 0 aliphatic rings. The van der Waals surface area contributed by atoms with Crippen LogP contribution in [-0.4, -0.2) is 10.9 Å². The molecule has 0 bridgehead atoms. The maximum absolute atomic E-state index is 11.2. The van der Waals surface area contributed by atoms with Crippen LogP contribution in [0.5, 0.6) is 0 Å². The number of aryl methyl sites for hydroxylation is 1. The van der Waals surface area contributed by atoms with Crippen molar-refractivity contribution in [2.45, 2.75) is 13.5 Å². The van der Waals surface area contributed by atoms with E-state index in [-0.39, 0.29) is 0 Å². The van der Waals surface area contributed by atoms with Crippen LogP contribution >= 0.6 is 11.3 Å². The van der Waals surface area contributed by atoms with Gasteiger partial charge in [-0.05, 0) is 19.1 Å². The van der Waals surface area contributed by atoms with Gasteiger partial charge in [0.15, 0.2) is 0 Å². The number of para-hydroxylation sites is 1. The summed E-state index contributed by atoms with van der Waals surface area (Å²) in [4.78, 5) is 15.5. The van der Waals surface area contributed by atoms with Crippen LogP contribution in [-0.2, 0) is 6.54 Å². The van der Waals surface area contributed by atoms with E-state index in [2.05, 4.69) is 10.3 Å². The van der Waals surface area contributed by atoms with E-state index >= 15 is 0 Å². The van der Waals surface area contributed by atoms with Crippen molar-refractivity contribution in [1.29, 1.82) is 0 Å². The number of hydrogen-bond donors (Lipinski definition) is 3. The first-order chi connectivity index (χ1) is 8.58. The van der Waals surface area contributed by atoms with Crippen molar-refractivity contribution in [3.8, 4) is 0 Å². The molecule has 0 aliphatic carbocycles. The highest BCUT2D eigenvalue weighted by Gasteiger charge is 2.09. The van der Waals surface area contributed by atoms with Crippen LogP contribution < -0.4 is 16.8 Å². The van der Waals surface area contributed by atoms with Crippen LogP contribution in [0.3, 0.4) is 0 Å². The molecule has 0 spiro atoms. The summed E-state index contributed by atoms with van der Waals surface area (Å²) >= 11 is 1.58. The number of hydrogen-bond acceptors (Lipinski definition) is 5. The molecular formula is C12H14N4OS. The van der Waals surface area contributed by atoms with Crippen molar-refractivity contribution in [2.24, 2.45) is 5.73 Å². The zero-order chi connectivity index (χ0) is 13.1. The van der Waals surface area contributed by atoms with E-state index in [1.165, 1.54) is 0 Å². The van der Waals surface area contributed by atoms with Crippen LogP contribution in [0.4, 0.5) is 11.4 Å². The Morgan fingerprint density at radius 1 is 1.50 bits per heavy atom. The minimum atomic E-state index is -0.527. The van der Waals surface area contributed by atoms with Crippen LogP contribution in [0, 0.1) is 6.92 Å². The van der Waals surface area contributed by atoms with E-state index in [4.69, 9.17) is 11.5 Å². The average molecular weight is 262 g/mol. The van der Waals surface area contributed by atoms with E-state index in [9.17, 15) is 4.79 Å². The summed E-state index contributed by atoms with van der Waals surface area (Å²) in [5, 5.41) is 6.11. The zero-order valence-corrected chi connectivity index (χ0v) is 10.8. The Bertz CT molecular complexity index is 579. The summed E-state index contributed by atoms with van der Waals surface area (Å²) in [6.07, 6.45) is 0. The van der Waals surface area contributed by atoms with Crippen LogP contribution in [0.2, 0.25) is 0 Å². The quantitative estimate of drug-likeness (QED) is 0.731. The Morgan fingerprint density at radius 2 is 2.28 bits per heavy atom. The Labute approximate surface area is 109 Å². The summed E-state index contributed by atoms with van der Waals surface area (Å²) in [5.74, 6) is -0.527. The molecular weight excluding hydrogens is 248 g/mol. The van der Waals surface area contributed by atoms with E-state index < -0.39 is 5.91 Å². The van der Waals surface area contributed by atoms with Gasteiger partial charge in [-0.2, -0.15) is 0 Å². The average Bonchev–Trinajstić information content (AvgIpc) is 2.73. The van der Waals surface area contributed by atoms with Gasteiger partial charge in [-0.25, -0.2) is 4.98 Å². The number of nitrogen functional groups attached to an aromatic ring is 1. The molecule has 6 heteroatoms. The molecule has 5 N–H and O–H groups in total. The van der Waals surface area contributed by atoms with E-state index in [0.29, 0.717) is 23.5 Å². The third-order valence-corrected chi connectivity index (χ3v) is 3.43. The van der Waals surface area contributed by atoms with Gasteiger partial charge in [-0.1, -0.05) is 6.07 Å². The Kier molecular flexibility index (Phi) is 3.47. The molecule has 1 amide bonds. The molecule has 1 aromatic carbocycles. The number of aromatic nitrogens is 1. The summed E-state index contributed by atoms with van der Waals surface area (Å²) < 4.78 is 0. The van der Waals surface area contributed by atoms with Gasteiger partial charge in [0.2, 0.25) is 0 Å². The fourth-order valence-electron chi connectivity index (χ4n) is 1.59. The first kappa shape index (κ1) is 12.4. The van der Waals surface area contributed by atoms with Crippen molar-refractivity contribution in [3.05, 3.63) is 39.8 Å².